The summed E-state index contributed by atoms with van der Waals surface area (Å²) in [5.41, 5.74) is 12.4. The van der Waals surface area contributed by atoms with Crippen molar-refractivity contribution < 1.29 is 4.79 Å². The number of hydrogen-bond donors (Lipinski definition) is 2. The minimum atomic E-state index is -0.497. The van der Waals surface area contributed by atoms with E-state index in [0.29, 0.717) is 11.3 Å². The van der Waals surface area contributed by atoms with E-state index < -0.39 is 5.91 Å². The van der Waals surface area contributed by atoms with Gasteiger partial charge >= 0.3 is 0 Å². The summed E-state index contributed by atoms with van der Waals surface area (Å²) in [6, 6.07) is 3.36. The van der Waals surface area contributed by atoms with E-state index in [0.717, 1.165) is 10.0 Å². The molecule has 1 rings (SSSR count). The summed E-state index contributed by atoms with van der Waals surface area (Å²) in [7, 11) is 0. The molecule has 0 aliphatic carbocycles. The lowest BCUT2D eigenvalue weighted by Crippen LogP contribution is -2.14. The number of anilines is 1. The molecule has 0 radical (unpaired) electrons. The summed E-state index contributed by atoms with van der Waals surface area (Å²) in [5.74, 6) is -0.497. The Morgan fingerprint density at radius 1 is 1.50 bits per heavy atom. The van der Waals surface area contributed by atoms with Crippen molar-refractivity contribution >= 4 is 27.5 Å². The predicted molar refractivity (Wildman–Crippen MR) is 51.8 cm³/mol. The van der Waals surface area contributed by atoms with Crippen LogP contribution in [0.1, 0.15) is 15.9 Å². The van der Waals surface area contributed by atoms with Gasteiger partial charge in [0.1, 0.15) is 0 Å². The molecule has 0 heterocycles. The molecule has 1 amide bonds. The van der Waals surface area contributed by atoms with Gasteiger partial charge in [0.15, 0.2) is 0 Å². The minimum Gasteiger partial charge on any atom is -0.398 e. The number of primary amides is 1. The standard InChI is InChI=1S/C8H9BrN2O/c1-4-6(9)3-2-5(7(4)10)8(11)12/h2-3H,10H2,1H3,(H2,11,12). The Kier molecular flexibility index (Phi) is 2.38. The number of halogens is 1. The number of carbonyl (C=O) groups is 1. The summed E-state index contributed by atoms with van der Waals surface area (Å²) in [5, 5.41) is 0. The number of nitrogens with two attached hydrogens (primary N) is 2. The average Bonchev–Trinajstić information content (AvgIpc) is 2.00. The Balaban J connectivity index is 3.36. The van der Waals surface area contributed by atoms with Gasteiger partial charge in [0.2, 0.25) is 0 Å². The van der Waals surface area contributed by atoms with E-state index >= 15 is 0 Å². The molecule has 0 aliphatic rings. The molecule has 0 saturated carbocycles. The van der Waals surface area contributed by atoms with Crippen LogP contribution in [0, 0.1) is 6.92 Å². The molecule has 0 fully saturated rings. The normalized spacial score (nSPS) is 9.83. The van der Waals surface area contributed by atoms with E-state index in [-0.39, 0.29) is 0 Å². The number of hydrogen-bond acceptors (Lipinski definition) is 2. The number of amides is 1. The Labute approximate surface area is 78.9 Å². The molecule has 4 heteroatoms. The summed E-state index contributed by atoms with van der Waals surface area (Å²) in [6.45, 7) is 1.83. The molecule has 1 aromatic rings. The van der Waals surface area contributed by atoms with Crippen molar-refractivity contribution in [3.63, 3.8) is 0 Å². The van der Waals surface area contributed by atoms with E-state index in [1.807, 2.05) is 6.92 Å². The Morgan fingerprint density at radius 2 is 2.08 bits per heavy atom. The van der Waals surface area contributed by atoms with Gasteiger partial charge in [0.25, 0.3) is 5.91 Å². The van der Waals surface area contributed by atoms with Crippen LogP contribution in [0.2, 0.25) is 0 Å². The first-order chi connectivity index (χ1) is 5.54. The smallest absolute Gasteiger partial charge is 0.250 e. The molecule has 0 spiro atoms. The minimum absolute atomic E-state index is 0.371. The van der Waals surface area contributed by atoms with Crippen molar-refractivity contribution in [2.45, 2.75) is 6.92 Å². The second-order valence-corrected chi connectivity index (χ2v) is 3.35. The van der Waals surface area contributed by atoms with Gasteiger partial charge in [-0.05, 0) is 24.6 Å². The van der Waals surface area contributed by atoms with Crippen LogP contribution in [0.3, 0.4) is 0 Å². The third-order valence-corrected chi connectivity index (χ3v) is 2.57. The van der Waals surface area contributed by atoms with Gasteiger partial charge in [0.05, 0.1) is 5.56 Å². The predicted octanol–water partition coefficient (Wildman–Crippen LogP) is 1.44. The largest absolute Gasteiger partial charge is 0.398 e. The first-order valence-electron chi connectivity index (χ1n) is 3.38. The van der Waals surface area contributed by atoms with Crippen molar-refractivity contribution in [2.75, 3.05) is 5.73 Å². The van der Waals surface area contributed by atoms with Crippen LogP contribution >= 0.6 is 15.9 Å². The van der Waals surface area contributed by atoms with Gasteiger partial charge in [-0.1, -0.05) is 15.9 Å². The van der Waals surface area contributed by atoms with Crippen molar-refractivity contribution in [1.82, 2.24) is 0 Å². The molecular weight excluding hydrogens is 220 g/mol. The third kappa shape index (κ3) is 1.43. The highest BCUT2D eigenvalue weighted by Gasteiger charge is 2.08. The van der Waals surface area contributed by atoms with Gasteiger partial charge in [-0.25, -0.2) is 0 Å². The van der Waals surface area contributed by atoms with Crippen LogP contribution in [-0.2, 0) is 0 Å². The van der Waals surface area contributed by atoms with Crippen LogP contribution < -0.4 is 11.5 Å². The Morgan fingerprint density at radius 3 is 2.58 bits per heavy atom. The topological polar surface area (TPSA) is 69.1 Å². The summed E-state index contributed by atoms with van der Waals surface area (Å²) >= 11 is 3.30. The monoisotopic (exact) mass is 228 g/mol. The Bertz CT molecular complexity index is 336. The van der Waals surface area contributed by atoms with E-state index in [2.05, 4.69) is 15.9 Å². The fraction of sp³-hybridized carbons (Fsp3) is 0.125. The molecule has 1 aromatic carbocycles. The zero-order valence-electron chi connectivity index (χ0n) is 6.60. The molecule has 0 unspecified atom stereocenters. The molecule has 0 atom stereocenters. The zero-order valence-corrected chi connectivity index (χ0v) is 8.18. The maximum Gasteiger partial charge on any atom is 0.250 e. The summed E-state index contributed by atoms with van der Waals surface area (Å²) in [4.78, 5) is 10.8. The molecule has 0 bridgehead atoms. The molecule has 3 nitrogen and oxygen atoms in total. The lowest BCUT2D eigenvalue weighted by Gasteiger charge is -2.06. The van der Waals surface area contributed by atoms with Crippen LogP contribution in [0.25, 0.3) is 0 Å². The maximum absolute atomic E-state index is 10.8. The molecule has 0 aromatic heterocycles. The number of nitrogen functional groups attached to an aromatic ring is 1. The van der Waals surface area contributed by atoms with Gasteiger partial charge in [-0.15, -0.1) is 0 Å². The fourth-order valence-electron chi connectivity index (χ4n) is 0.917. The van der Waals surface area contributed by atoms with Crippen LogP contribution in [0.5, 0.6) is 0 Å². The molecular formula is C8H9BrN2O. The second kappa shape index (κ2) is 3.15. The molecule has 64 valence electrons. The van der Waals surface area contributed by atoms with Gasteiger partial charge < -0.3 is 11.5 Å². The number of rotatable bonds is 1. The molecule has 4 N–H and O–H groups in total. The first-order valence-corrected chi connectivity index (χ1v) is 4.17. The zero-order chi connectivity index (χ0) is 9.30. The fourth-order valence-corrected chi connectivity index (χ4v) is 1.26. The van der Waals surface area contributed by atoms with Gasteiger partial charge in [-0.3, -0.25) is 4.79 Å². The third-order valence-electron chi connectivity index (χ3n) is 1.71. The second-order valence-electron chi connectivity index (χ2n) is 2.50. The summed E-state index contributed by atoms with van der Waals surface area (Å²) in [6.07, 6.45) is 0. The van der Waals surface area contributed by atoms with Crippen molar-refractivity contribution in [3.8, 4) is 0 Å². The molecule has 12 heavy (non-hydrogen) atoms. The van der Waals surface area contributed by atoms with Crippen molar-refractivity contribution in [3.05, 3.63) is 27.7 Å². The van der Waals surface area contributed by atoms with E-state index in [4.69, 9.17) is 11.5 Å². The van der Waals surface area contributed by atoms with Crippen LogP contribution in [-0.4, -0.2) is 5.91 Å². The van der Waals surface area contributed by atoms with Crippen molar-refractivity contribution in [1.29, 1.82) is 0 Å². The van der Waals surface area contributed by atoms with E-state index in [9.17, 15) is 4.79 Å². The van der Waals surface area contributed by atoms with E-state index in [1.165, 1.54) is 0 Å². The molecule has 0 aliphatic heterocycles. The lowest BCUT2D eigenvalue weighted by atomic mass is 10.1. The first kappa shape index (κ1) is 9.06. The SMILES string of the molecule is Cc1c(Br)ccc(C(N)=O)c1N. The summed E-state index contributed by atoms with van der Waals surface area (Å²) < 4.78 is 0.880. The number of benzene rings is 1. The highest BCUT2D eigenvalue weighted by Crippen LogP contribution is 2.24. The van der Waals surface area contributed by atoms with Crippen molar-refractivity contribution in [2.24, 2.45) is 5.73 Å². The van der Waals surface area contributed by atoms with Gasteiger partial charge in [-0.2, -0.15) is 0 Å². The molecule has 0 saturated heterocycles. The van der Waals surface area contributed by atoms with Crippen LogP contribution in [0.4, 0.5) is 5.69 Å². The van der Waals surface area contributed by atoms with Gasteiger partial charge in [0, 0.05) is 10.2 Å². The van der Waals surface area contributed by atoms with E-state index in [1.54, 1.807) is 12.1 Å². The lowest BCUT2D eigenvalue weighted by molar-refractivity contribution is 0.100. The quantitative estimate of drug-likeness (QED) is 0.715. The average molecular weight is 229 g/mol. The maximum atomic E-state index is 10.8. The number of carbonyl (C=O) groups excluding carboxylic acids is 1. The Hall–Kier alpha value is -1.03. The highest BCUT2D eigenvalue weighted by molar-refractivity contribution is 9.10. The highest BCUT2D eigenvalue weighted by atomic mass is 79.9. The van der Waals surface area contributed by atoms with Crippen LogP contribution in [0.15, 0.2) is 16.6 Å².